The number of fused-ring (bicyclic) bond motifs is 3. The van der Waals surface area contributed by atoms with Gasteiger partial charge >= 0.3 is 0 Å². The van der Waals surface area contributed by atoms with Crippen LogP contribution in [0.3, 0.4) is 0 Å². The number of likely N-dealkylation sites (N-methyl/N-ethyl adjacent to an activating group) is 1. The predicted molar refractivity (Wildman–Crippen MR) is 386 cm³/mol. The molecule has 0 radical (unpaired) electrons. The van der Waals surface area contributed by atoms with E-state index in [1.54, 1.807) is 48.5 Å². The smallest absolute Gasteiger partial charge is 0.207 e. The zero-order valence-electron chi connectivity index (χ0n) is 53.4. The van der Waals surface area contributed by atoms with Crippen molar-refractivity contribution in [2.24, 2.45) is 0 Å². The van der Waals surface area contributed by atoms with Crippen molar-refractivity contribution >= 4 is 93.2 Å². The highest BCUT2D eigenvalue weighted by Gasteiger charge is 2.27. The predicted octanol–water partition coefficient (Wildman–Crippen LogP) is 19.0. The second-order valence-corrected chi connectivity index (χ2v) is 27.0. The highest BCUT2D eigenvalue weighted by Crippen LogP contribution is 2.46. The number of carbonyl (C=O) groups is 3. The van der Waals surface area contributed by atoms with Crippen molar-refractivity contribution in [2.75, 3.05) is 39.3 Å². The number of hydrogen-bond donors (Lipinski definition) is 4. The monoisotopic (exact) mass is 1340 g/mol. The summed E-state index contributed by atoms with van der Waals surface area (Å²) in [5.41, 5.74) is 8.01. The lowest BCUT2D eigenvalue weighted by Gasteiger charge is -2.16. The molecule has 3 heterocycles. The number of phenolic OH excluding ortho intramolecular Hbond substituents is 1. The maximum atomic E-state index is 14.4. The molecule has 0 aliphatic rings. The van der Waals surface area contributed by atoms with Crippen molar-refractivity contribution in [1.82, 2.24) is 16.0 Å². The minimum atomic E-state index is -0.325. The van der Waals surface area contributed by atoms with Gasteiger partial charge in [0, 0.05) is 65.1 Å². The van der Waals surface area contributed by atoms with E-state index in [2.05, 4.69) is 35.0 Å². The number of thiophene rings is 3. The SMILES string of the molecule is CCNCCc1ccc(Oc2c(C(=O)c3ccc(C)cc3C)sc3cc(OC(C)NCCc4ccc(Oc5c(C(=O)c6ccc(Cl)cc6C)sc6cc(OCCNCCCc7ccc(Oc8c(C(=O)c9ccccc9)sc9cc(O)ccc89)cc7)ccc56)cc4)ccc23)cc1. The van der Waals surface area contributed by atoms with Crippen LogP contribution in [0.2, 0.25) is 5.02 Å². The van der Waals surface area contributed by atoms with Crippen LogP contribution < -0.4 is 39.6 Å². The summed E-state index contributed by atoms with van der Waals surface area (Å²) in [5, 5.41) is 23.5. The van der Waals surface area contributed by atoms with Gasteiger partial charge in [0.15, 0.2) is 17.2 Å². The van der Waals surface area contributed by atoms with E-state index in [-0.39, 0.29) is 29.3 Å². The average molecular weight is 1340 g/mol. The van der Waals surface area contributed by atoms with Crippen LogP contribution in [0.1, 0.15) is 99.4 Å². The topological polar surface area (TPSA) is 154 Å². The Morgan fingerprint density at radius 3 is 1.55 bits per heavy atom. The fourth-order valence-electron chi connectivity index (χ4n) is 11.4. The number of ether oxygens (including phenoxy) is 5. The molecule has 0 bridgehead atoms. The molecule has 3 aromatic heterocycles. The van der Waals surface area contributed by atoms with Gasteiger partial charge < -0.3 is 39.4 Å². The number of rotatable bonds is 30. The molecule has 0 fully saturated rings. The molecule has 0 saturated heterocycles. The summed E-state index contributed by atoms with van der Waals surface area (Å²) < 4.78 is 34.9. The van der Waals surface area contributed by atoms with E-state index >= 15 is 0 Å². The van der Waals surface area contributed by atoms with Crippen LogP contribution in [0.15, 0.2) is 194 Å². The highest BCUT2D eigenvalue weighted by atomic mass is 35.5. The van der Waals surface area contributed by atoms with Gasteiger partial charge in [-0.15, -0.1) is 34.0 Å². The summed E-state index contributed by atoms with van der Waals surface area (Å²) in [6, 6.07) is 61.1. The lowest BCUT2D eigenvalue weighted by atomic mass is 10.0. The molecule has 16 heteroatoms. The minimum Gasteiger partial charge on any atom is -0.508 e. The Morgan fingerprint density at radius 1 is 0.484 bits per heavy atom. The van der Waals surface area contributed by atoms with Gasteiger partial charge in [0.05, 0.1) is 0 Å². The van der Waals surface area contributed by atoms with Crippen molar-refractivity contribution in [1.29, 1.82) is 0 Å². The first-order valence-corrected chi connectivity index (χ1v) is 34.7. The molecule has 0 aliphatic heterocycles. The number of nitrogens with one attached hydrogen (secondary N) is 3. The van der Waals surface area contributed by atoms with Gasteiger partial charge in [-0.3, -0.25) is 19.7 Å². The van der Waals surface area contributed by atoms with Crippen LogP contribution in [-0.4, -0.2) is 68.0 Å². The van der Waals surface area contributed by atoms with Crippen LogP contribution in [0.5, 0.6) is 51.7 Å². The van der Waals surface area contributed by atoms with Gasteiger partial charge in [-0.1, -0.05) is 109 Å². The average Bonchev–Trinajstić information content (AvgIpc) is 1.65. The standard InChI is InChI=1S/C79H72ClN3O9S3/c1-6-81-39-36-53-17-25-59(26-18-53)92-76-67-35-30-62(47-70(67)95-78(76)72(86)63-31-14-48(2)43-49(63)3)89-51(5)83-40-37-54-19-27-60(28-20-54)91-75-66-34-29-61(46-69(66)94-79(75)73(87)64-32-21-56(80)44-50(64)4)88-42-41-82-38-10-11-52-15-23-58(24-16-52)90-74-65-33-22-57(84)45-68(65)93-77(74)71(85)55-12-8-7-9-13-55/h7-9,12-35,43-47,51,81-84H,6,10-11,36-42H2,1-5H3. The molecule has 95 heavy (non-hydrogen) atoms. The molecule has 0 saturated carbocycles. The van der Waals surface area contributed by atoms with Crippen molar-refractivity contribution in [3.05, 3.63) is 264 Å². The summed E-state index contributed by atoms with van der Waals surface area (Å²) in [7, 11) is 0. The maximum Gasteiger partial charge on any atom is 0.207 e. The van der Waals surface area contributed by atoms with Crippen molar-refractivity contribution in [2.45, 2.75) is 66.5 Å². The summed E-state index contributed by atoms with van der Waals surface area (Å²) >= 11 is 10.4. The zero-order chi connectivity index (χ0) is 66.0. The van der Waals surface area contributed by atoms with E-state index in [0.29, 0.717) is 102 Å². The first-order valence-electron chi connectivity index (χ1n) is 31.9. The van der Waals surface area contributed by atoms with Crippen LogP contribution in [0.4, 0.5) is 0 Å². The van der Waals surface area contributed by atoms with E-state index in [4.69, 9.17) is 35.3 Å². The summed E-state index contributed by atoms with van der Waals surface area (Å²) in [4.78, 5) is 43.8. The Labute approximate surface area is 570 Å². The number of halogens is 1. The number of ketones is 3. The van der Waals surface area contributed by atoms with E-state index in [0.717, 1.165) is 103 Å². The first-order chi connectivity index (χ1) is 46.2. The molecule has 12 rings (SSSR count). The van der Waals surface area contributed by atoms with Crippen molar-refractivity contribution in [3.63, 3.8) is 0 Å². The Balaban J connectivity index is 0.643. The molecule has 4 N–H and O–H groups in total. The van der Waals surface area contributed by atoms with Gasteiger partial charge in [-0.2, -0.15) is 0 Å². The number of benzene rings is 9. The quantitative estimate of drug-likeness (QED) is 0.0193. The Kier molecular flexibility index (Phi) is 21.1. The highest BCUT2D eigenvalue weighted by molar-refractivity contribution is 7.22. The molecule has 12 nitrogen and oxygen atoms in total. The molecular weight excluding hydrogens is 1270 g/mol. The molecule has 0 aliphatic carbocycles. The fourth-order valence-corrected chi connectivity index (χ4v) is 15.0. The van der Waals surface area contributed by atoms with Crippen molar-refractivity contribution < 1.29 is 43.2 Å². The summed E-state index contributed by atoms with van der Waals surface area (Å²) in [5.74, 6) is 4.52. The van der Waals surface area contributed by atoms with Gasteiger partial charge in [0.25, 0.3) is 0 Å². The fraction of sp³-hybridized carbons (Fsp3) is 0.203. The second-order valence-electron chi connectivity index (χ2n) is 23.4. The normalized spacial score (nSPS) is 11.7. The number of hydrogen-bond acceptors (Lipinski definition) is 15. The zero-order valence-corrected chi connectivity index (χ0v) is 56.6. The van der Waals surface area contributed by atoms with Crippen LogP contribution >= 0.6 is 45.6 Å². The third kappa shape index (κ3) is 16.0. The van der Waals surface area contributed by atoms with E-state index in [1.807, 2.05) is 161 Å². The maximum absolute atomic E-state index is 14.4. The first kappa shape index (κ1) is 65.9. The van der Waals surface area contributed by atoms with E-state index < -0.39 is 0 Å². The summed E-state index contributed by atoms with van der Waals surface area (Å²) in [6.45, 7) is 14.3. The molecule has 12 aromatic rings. The molecule has 0 spiro atoms. The number of aromatic hydroxyl groups is 1. The van der Waals surface area contributed by atoms with E-state index in [1.165, 1.54) is 39.6 Å². The lowest BCUT2D eigenvalue weighted by Crippen LogP contribution is -2.33. The lowest BCUT2D eigenvalue weighted by molar-refractivity contribution is 0.103. The van der Waals surface area contributed by atoms with Crippen LogP contribution in [0.25, 0.3) is 30.3 Å². The van der Waals surface area contributed by atoms with Crippen LogP contribution in [-0.2, 0) is 19.3 Å². The third-order valence-corrected chi connectivity index (χ3v) is 20.0. The summed E-state index contributed by atoms with van der Waals surface area (Å²) in [6.07, 6.45) is 3.07. The second kappa shape index (κ2) is 30.5. The molecule has 1 atom stereocenters. The number of phenols is 1. The van der Waals surface area contributed by atoms with Gasteiger partial charge in [-0.25, -0.2) is 0 Å². The third-order valence-electron chi connectivity index (χ3n) is 16.4. The molecule has 0 amide bonds. The Bertz CT molecular complexity index is 4720. The largest absolute Gasteiger partial charge is 0.508 e. The van der Waals surface area contributed by atoms with Crippen LogP contribution in [0, 0.1) is 20.8 Å². The Hall–Kier alpha value is -9.16. The van der Waals surface area contributed by atoms with Crippen molar-refractivity contribution in [3.8, 4) is 51.7 Å². The number of aryl methyl sites for hydroxylation is 4. The number of carbonyl (C=O) groups excluding carboxylic acids is 3. The van der Waals surface area contributed by atoms with E-state index in [9.17, 15) is 19.5 Å². The molecule has 482 valence electrons. The molecule has 1 unspecified atom stereocenters. The Morgan fingerprint density at radius 2 is 0.979 bits per heavy atom. The van der Waals surface area contributed by atoms with Gasteiger partial charge in [0.1, 0.15) is 62.0 Å². The molecular formula is C79H72ClN3O9S3. The van der Waals surface area contributed by atoms with Gasteiger partial charge in [0.2, 0.25) is 17.3 Å². The minimum absolute atomic E-state index is 0.0778. The molecule has 9 aromatic carbocycles. The van der Waals surface area contributed by atoms with Gasteiger partial charge in [-0.05, 0) is 210 Å².